The molecular formula is C29H37N3O5. The van der Waals surface area contributed by atoms with E-state index in [0.29, 0.717) is 31.4 Å². The maximum Gasteiger partial charge on any atom is 0.329 e. The molecule has 1 aliphatic rings. The van der Waals surface area contributed by atoms with Crippen LogP contribution in [0.3, 0.4) is 0 Å². The zero-order valence-electron chi connectivity index (χ0n) is 22.1. The van der Waals surface area contributed by atoms with Crippen LogP contribution in [0, 0.1) is 0 Å². The van der Waals surface area contributed by atoms with E-state index in [2.05, 4.69) is 5.32 Å². The Hall–Kier alpha value is -3.68. The monoisotopic (exact) mass is 507 g/mol. The molecule has 0 radical (unpaired) electrons. The molecule has 198 valence electrons. The van der Waals surface area contributed by atoms with Gasteiger partial charge in [0.25, 0.3) is 5.91 Å². The number of ether oxygens (including phenoxy) is 1. The Morgan fingerprint density at radius 3 is 2.27 bits per heavy atom. The van der Waals surface area contributed by atoms with E-state index in [0.717, 1.165) is 5.56 Å². The normalized spacial score (nSPS) is 16.1. The van der Waals surface area contributed by atoms with E-state index in [-0.39, 0.29) is 30.7 Å². The molecule has 0 aromatic heterocycles. The number of hydrogen-bond donors (Lipinski definition) is 1. The Bertz CT molecular complexity index is 1080. The van der Waals surface area contributed by atoms with Gasteiger partial charge in [0.15, 0.2) is 5.78 Å². The van der Waals surface area contributed by atoms with Gasteiger partial charge in [-0.2, -0.15) is 0 Å². The summed E-state index contributed by atoms with van der Waals surface area (Å²) in [5, 5.41) is 2.87. The van der Waals surface area contributed by atoms with Gasteiger partial charge in [-0.3, -0.25) is 9.59 Å². The number of urea groups is 1. The number of ketones is 1. The summed E-state index contributed by atoms with van der Waals surface area (Å²) in [6.07, 6.45) is 1.69. The number of nitrogens with zero attached hydrogens (tertiary/aromatic N) is 2. The SMILES string of the molecule is CN(CCC(=O)C(Cc1ccccc1)NC(=O)c1ccccc1)C(=O)N1CCC[C@H]1C(=O)OC(C)(C)C. The van der Waals surface area contributed by atoms with Gasteiger partial charge in [-0.25, -0.2) is 9.59 Å². The number of benzene rings is 2. The van der Waals surface area contributed by atoms with Crippen LogP contribution in [0.1, 0.15) is 56.0 Å². The molecular weight excluding hydrogens is 470 g/mol. The van der Waals surface area contributed by atoms with E-state index >= 15 is 0 Å². The first-order valence-electron chi connectivity index (χ1n) is 12.7. The summed E-state index contributed by atoms with van der Waals surface area (Å²) in [4.78, 5) is 54.8. The molecule has 3 rings (SSSR count). The second kappa shape index (κ2) is 12.5. The van der Waals surface area contributed by atoms with E-state index in [9.17, 15) is 19.2 Å². The lowest BCUT2D eigenvalue weighted by atomic mass is 10.00. The highest BCUT2D eigenvalue weighted by atomic mass is 16.6. The maximum absolute atomic E-state index is 13.3. The quantitative estimate of drug-likeness (QED) is 0.520. The van der Waals surface area contributed by atoms with Crippen molar-refractivity contribution >= 4 is 23.7 Å². The molecule has 0 spiro atoms. The topological polar surface area (TPSA) is 96.0 Å². The highest BCUT2D eigenvalue weighted by Gasteiger charge is 2.38. The molecule has 1 fully saturated rings. The molecule has 8 heteroatoms. The van der Waals surface area contributed by atoms with Crippen molar-refractivity contribution in [2.24, 2.45) is 0 Å². The van der Waals surface area contributed by atoms with Crippen LogP contribution in [0.5, 0.6) is 0 Å². The predicted molar refractivity (Wildman–Crippen MR) is 141 cm³/mol. The molecule has 1 saturated heterocycles. The fourth-order valence-corrected chi connectivity index (χ4v) is 4.30. The Balaban J connectivity index is 1.63. The fraction of sp³-hybridized carbons (Fsp3) is 0.448. The van der Waals surface area contributed by atoms with E-state index in [1.165, 1.54) is 9.80 Å². The van der Waals surface area contributed by atoms with Crippen LogP contribution >= 0.6 is 0 Å². The summed E-state index contributed by atoms with van der Waals surface area (Å²) in [7, 11) is 1.62. The first-order chi connectivity index (χ1) is 17.5. The first-order valence-corrected chi connectivity index (χ1v) is 12.7. The lowest BCUT2D eigenvalue weighted by Gasteiger charge is -2.30. The van der Waals surface area contributed by atoms with Crippen molar-refractivity contribution in [1.29, 1.82) is 0 Å². The number of rotatable bonds is 9. The molecule has 37 heavy (non-hydrogen) atoms. The lowest BCUT2D eigenvalue weighted by molar-refractivity contribution is -0.159. The summed E-state index contributed by atoms with van der Waals surface area (Å²) in [6.45, 7) is 6.02. The average molecular weight is 508 g/mol. The summed E-state index contributed by atoms with van der Waals surface area (Å²) in [5.74, 6) is -0.899. The average Bonchev–Trinajstić information content (AvgIpc) is 3.36. The van der Waals surface area contributed by atoms with Gasteiger partial charge < -0.3 is 19.9 Å². The van der Waals surface area contributed by atoms with Crippen molar-refractivity contribution in [3.05, 3.63) is 71.8 Å². The number of nitrogens with one attached hydrogen (secondary N) is 1. The third-order valence-electron chi connectivity index (χ3n) is 6.21. The van der Waals surface area contributed by atoms with Crippen molar-refractivity contribution < 1.29 is 23.9 Å². The number of hydrogen-bond acceptors (Lipinski definition) is 5. The van der Waals surface area contributed by atoms with Gasteiger partial charge in [0, 0.05) is 32.1 Å². The zero-order chi connectivity index (χ0) is 27.0. The number of carbonyl (C=O) groups is 4. The summed E-state index contributed by atoms with van der Waals surface area (Å²) in [6, 6.07) is 16.6. The Morgan fingerprint density at radius 2 is 1.65 bits per heavy atom. The highest BCUT2D eigenvalue weighted by Crippen LogP contribution is 2.22. The van der Waals surface area contributed by atoms with Crippen LogP contribution in [-0.2, 0) is 20.7 Å². The molecule has 1 heterocycles. The van der Waals surface area contributed by atoms with Crippen LogP contribution in [-0.4, -0.2) is 71.3 Å². The van der Waals surface area contributed by atoms with Gasteiger partial charge >= 0.3 is 12.0 Å². The lowest BCUT2D eigenvalue weighted by Crippen LogP contribution is -2.49. The van der Waals surface area contributed by atoms with Crippen molar-refractivity contribution in [3.63, 3.8) is 0 Å². The first kappa shape index (κ1) is 27.9. The summed E-state index contributed by atoms with van der Waals surface area (Å²) >= 11 is 0. The zero-order valence-corrected chi connectivity index (χ0v) is 22.1. The fourth-order valence-electron chi connectivity index (χ4n) is 4.30. The minimum atomic E-state index is -0.736. The molecule has 1 aliphatic heterocycles. The summed E-state index contributed by atoms with van der Waals surface area (Å²) < 4.78 is 5.50. The molecule has 0 saturated carbocycles. The van der Waals surface area contributed by atoms with Gasteiger partial charge in [-0.15, -0.1) is 0 Å². The van der Waals surface area contributed by atoms with Gasteiger partial charge in [0.05, 0.1) is 6.04 Å². The smallest absolute Gasteiger partial charge is 0.329 e. The largest absolute Gasteiger partial charge is 0.458 e. The molecule has 2 aromatic rings. The molecule has 1 unspecified atom stereocenters. The number of carbonyl (C=O) groups excluding carboxylic acids is 4. The van der Waals surface area contributed by atoms with E-state index < -0.39 is 23.7 Å². The molecule has 3 amide bonds. The number of likely N-dealkylation sites (tertiary alicyclic amines) is 1. The minimum Gasteiger partial charge on any atom is -0.458 e. The Labute approximate surface area is 219 Å². The number of amides is 3. The van der Waals surface area contributed by atoms with Crippen molar-refractivity contribution in [3.8, 4) is 0 Å². The third kappa shape index (κ3) is 8.17. The van der Waals surface area contributed by atoms with E-state index in [1.54, 1.807) is 52.1 Å². The molecule has 8 nitrogen and oxygen atoms in total. The molecule has 2 aromatic carbocycles. The highest BCUT2D eigenvalue weighted by molar-refractivity contribution is 5.98. The van der Waals surface area contributed by atoms with Crippen molar-refractivity contribution in [2.45, 2.75) is 64.1 Å². The predicted octanol–water partition coefficient (Wildman–Crippen LogP) is 3.84. The number of esters is 1. The second-order valence-corrected chi connectivity index (χ2v) is 10.4. The second-order valence-electron chi connectivity index (χ2n) is 10.4. The van der Waals surface area contributed by atoms with E-state index in [4.69, 9.17) is 4.74 Å². The summed E-state index contributed by atoms with van der Waals surface area (Å²) in [5.41, 5.74) is 0.767. The molecule has 0 bridgehead atoms. The van der Waals surface area contributed by atoms with Crippen LogP contribution in [0.2, 0.25) is 0 Å². The number of Topliss-reactive ketones (excluding diaryl/α,β-unsaturated/α-hetero) is 1. The van der Waals surface area contributed by atoms with Gasteiger partial charge in [-0.1, -0.05) is 48.5 Å². The Kier molecular flexibility index (Phi) is 9.44. The van der Waals surface area contributed by atoms with Crippen LogP contribution in [0.15, 0.2) is 60.7 Å². The van der Waals surface area contributed by atoms with Gasteiger partial charge in [0.1, 0.15) is 11.6 Å². The molecule has 0 aliphatic carbocycles. The maximum atomic E-state index is 13.3. The minimum absolute atomic E-state index is 0.0692. The standard InChI is InChI=1S/C29H37N3O5/c1-29(2,3)37-27(35)24-16-11-18-32(24)28(36)31(4)19-17-25(33)23(20-21-12-7-5-8-13-21)30-26(34)22-14-9-6-10-15-22/h5-10,12-15,23-24H,11,16-20H2,1-4H3,(H,30,34)/t23?,24-/m0/s1. The Morgan fingerprint density at radius 1 is 1.03 bits per heavy atom. The van der Waals surface area contributed by atoms with Crippen molar-refractivity contribution in [1.82, 2.24) is 15.1 Å². The third-order valence-corrected chi connectivity index (χ3v) is 6.21. The molecule has 1 N–H and O–H groups in total. The van der Waals surface area contributed by atoms with Gasteiger partial charge in [-0.05, 0) is 57.7 Å². The van der Waals surface area contributed by atoms with Crippen LogP contribution in [0.25, 0.3) is 0 Å². The van der Waals surface area contributed by atoms with Gasteiger partial charge in [0.2, 0.25) is 0 Å². The van der Waals surface area contributed by atoms with E-state index in [1.807, 2.05) is 36.4 Å². The van der Waals surface area contributed by atoms with Crippen LogP contribution in [0.4, 0.5) is 4.79 Å². The molecule has 2 atom stereocenters. The van der Waals surface area contributed by atoms with Crippen molar-refractivity contribution in [2.75, 3.05) is 20.1 Å². The van der Waals surface area contributed by atoms with Crippen LogP contribution < -0.4 is 5.32 Å².